The molecule has 0 radical (unpaired) electrons. The number of aryl methyl sites for hydroxylation is 1. The number of hydrogen-bond acceptors (Lipinski definition) is 7. The number of anilines is 1. The third-order valence-electron chi connectivity index (χ3n) is 4.34. The van der Waals surface area contributed by atoms with E-state index < -0.39 is 11.9 Å². The highest BCUT2D eigenvalue weighted by atomic mass is 32.1. The minimum Gasteiger partial charge on any atom is -0.462 e. The van der Waals surface area contributed by atoms with Gasteiger partial charge in [-0.3, -0.25) is 4.40 Å². The number of nitrogens with two attached hydrogens (primary N) is 1. The molecule has 2 N–H and O–H groups in total. The lowest BCUT2D eigenvalue weighted by atomic mass is 9.97. The number of pyridine rings is 1. The van der Waals surface area contributed by atoms with Crippen LogP contribution in [0.3, 0.4) is 0 Å². The number of carbonyl (C=O) groups is 2. The molecule has 0 spiro atoms. The van der Waals surface area contributed by atoms with Crippen LogP contribution in [0.2, 0.25) is 0 Å². The highest BCUT2D eigenvalue weighted by molar-refractivity contribution is 7.13. The summed E-state index contributed by atoms with van der Waals surface area (Å²) in [6, 6.07) is 7.22. The van der Waals surface area contributed by atoms with Crippen LogP contribution in [0.25, 0.3) is 16.0 Å². The topological polar surface area (TPSA) is 107 Å². The second-order valence-electron chi connectivity index (χ2n) is 5.90. The third kappa shape index (κ3) is 3.00. The minimum atomic E-state index is -0.594. The van der Waals surface area contributed by atoms with Gasteiger partial charge in [0.15, 0.2) is 0 Å². The number of hydrogen-bond donors (Lipinski definition) is 1. The van der Waals surface area contributed by atoms with Crippen molar-refractivity contribution in [2.24, 2.45) is 0 Å². The zero-order valence-electron chi connectivity index (χ0n) is 15.7. The maximum Gasteiger partial charge on any atom is 0.340 e. The van der Waals surface area contributed by atoms with Gasteiger partial charge < -0.3 is 15.2 Å². The summed E-state index contributed by atoms with van der Waals surface area (Å²) in [6.07, 6.45) is 0. The maximum absolute atomic E-state index is 12.9. The van der Waals surface area contributed by atoms with Crippen molar-refractivity contribution < 1.29 is 19.1 Å². The van der Waals surface area contributed by atoms with Crippen LogP contribution in [0.15, 0.2) is 23.6 Å². The molecule has 3 heterocycles. The Morgan fingerprint density at radius 3 is 2.39 bits per heavy atom. The number of carbonyl (C=O) groups excluding carboxylic acids is 2. The van der Waals surface area contributed by atoms with Gasteiger partial charge in [-0.25, -0.2) is 9.59 Å². The molecular formula is C20H19N3O4S. The van der Waals surface area contributed by atoms with Crippen LogP contribution < -0.4 is 5.73 Å². The number of aromatic nitrogens is 1. The van der Waals surface area contributed by atoms with Crippen molar-refractivity contribution in [1.29, 1.82) is 5.26 Å². The monoisotopic (exact) mass is 397 g/mol. The number of thiophene rings is 1. The third-order valence-corrected chi connectivity index (χ3v) is 5.23. The van der Waals surface area contributed by atoms with E-state index in [4.69, 9.17) is 15.2 Å². The molecule has 0 atom stereocenters. The molecule has 0 bridgehead atoms. The molecule has 3 rings (SSSR count). The smallest absolute Gasteiger partial charge is 0.340 e. The molecule has 8 heteroatoms. The van der Waals surface area contributed by atoms with Crippen LogP contribution in [0.1, 0.15) is 45.8 Å². The van der Waals surface area contributed by atoms with Crippen LogP contribution >= 0.6 is 11.3 Å². The van der Waals surface area contributed by atoms with Crippen molar-refractivity contribution in [2.75, 3.05) is 18.9 Å². The predicted molar refractivity (Wildman–Crippen MR) is 106 cm³/mol. The van der Waals surface area contributed by atoms with E-state index >= 15 is 0 Å². The van der Waals surface area contributed by atoms with E-state index in [0.717, 1.165) is 4.88 Å². The molecule has 0 fully saturated rings. The van der Waals surface area contributed by atoms with Gasteiger partial charge in [0.05, 0.1) is 35.4 Å². The summed E-state index contributed by atoms with van der Waals surface area (Å²) in [4.78, 5) is 26.5. The van der Waals surface area contributed by atoms with Crippen LogP contribution in [0.5, 0.6) is 0 Å². The Morgan fingerprint density at radius 1 is 1.21 bits per heavy atom. The lowest BCUT2D eigenvalue weighted by Gasteiger charge is -2.18. The van der Waals surface area contributed by atoms with Crippen LogP contribution in [-0.2, 0) is 9.47 Å². The molecular weight excluding hydrogens is 378 g/mol. The molecule has 7 nitrogen and oxygen atoms in total. The summed E-state index contributed by atoms with van der Waals surface area (Å²) in [5, 5.41) is 11.3. The zero-order valence-corrected chi connectivity index (χ0v) is 16.6. The summed E-state index contributed by atoms with van der Waals surface area (Å²) < 4.78 is 12.1. The molecule has 0 aliphatic rings. The fourth-order valence-corrected chi connectivity index (χ4v) is 4.02. The van der Waals surface area contributed by atoms with Crippen molar-refractivity contribution >= 4 is 34.6 Å². The summed E-state index contributed by atoms with van der Waals surface area (Å²) in [6.45, 7) is 5.47. The van der Waals surface area contributed by atoms with Crippen molar-refractivity contribution in [3.8, 4) is 16.5 Å². The number of ether oxygens (including phenoxy) is 2. The largest absolute Gasteiger partial charge is 0.462 e. The van der Waals surface area contributed by atoms with Gasteiger partial charge in [0.2, 0.25) is 0 Å². The van der Waals surface area contributed by atoms with Gasteiger partial charge in [-0.1, -0.05) is 6.07 Å². The molecule has 0 amide bonds. The fraction of sp³-hybridized carbons (Fsp3) is 0.250. The lowest BCUT2D eigenvalue weighted by Crippen LogP contribution is -2.17. The second-order valence-corrected chi connectivity index (χ2v) is 6.85. The van der Waals surface area contributed by atoms with Gasteiger partial charge >= 0.3 is 11.9 Å². The predicted octanol–water partition coefficient (Wildman–Crippen LogP) is 3.78. The van der Waals surface area contributed by atoms with Crippen LogP contribution in [0, 0.1) is 18.3 Å². The molecule has 28 heavy (non-hydrogen) atoms. The number of rotatable bonds is 5. The molecule has 0 aliphatic heterocycles. The minimum absolute atomic E-state index is 0.156. The van der Waals surface area contributed by atoms with E-state index in [-0.39, 0.29) is 35.7 Å². The van der Waals surface area contributed by atoms with E-state index in [0.29, 0.717) is 16.8 Å². The number of nitrogen functional groups attached to an aromatic ring is 1. The Hall–Kier alpha value is -3.31. The summed E-state index contributed by atoms with van der Waals surface area (Å²) in [7, 11) is 0. The Balaban J connectivity index is 2.55. The van der Waals surface area contributed by atoms with E-state index in [1.807, 2.05) is 23.6 Å². The standard InChI is InChI=1S/C20H19N3O4S/c1-4-26-19(24)15-11(3)23-13(9-12(10-21)18(23)22)16(20(25)27-5-2)17(15)14-7-6-8-28-14/h6-9H,4-5,22H2,1-3H3. The Bertz CT molecular complexity index is 1110. The van der Waals surface area contributed by atoms with Crippen molar-refractivity contribution in [1.82, 2.24) is 4.40 Å². The normalized spacial score (nSPS) is 10.6. The molecule has 0 aliphatic carbocycles. The number of fused-ring (bicyclic) bond motifs is 1. The van der Waals surface area contributed by atoms with Gasteiger partial charge in [-0.2, -0.15) is 5.26 Å². The Morgan fingerprint density at radius 2 is 1.86 bits per heavy atom. The van der Waals surface area contributed by atoms with Gasteiger partial charge in [0.25, 0.3) is 0 Å². The molecule has 0 unspecified atom stereocenters. The molecule has 0 aromatic carbocycles. The summed E-state index contributed by atoms with van der Waals surface area (Å²) >= 11 is 1.39. The van der Waals surface area contributed by atoms with Gasteiger partial charge in [0.1, 0.15) is 11.9 Å². The Labute approximate surface area is 165 Å². The molecule has 0 saturated heterocycles. The summed E-state index contributed by atoms with van der Waals surface area (Å²) in [5.74, 6) is -1.00. The molecule has 144 valence electrons. The first-order chi connectivity index (χ1) is 13.5. The van der Waals surface area contributed by atoms with Crippen molar-refractivity contribution in [3.63, 3.8) is 0 Å². The van der Waals surface area contributed by atoms with Crippen LogP contribution in [-0.4, -0.2) is 29.6 Å². The van der Waals surface area contributed by atoms with E-state index in [1.54, 1.807) is 26.8 Å². The van der Waals surface area contributed by atoms with Crippen molar-refractivity contribution in [3.05, 3.63) is 46.0 Å². The first kappa shape index (κ1) is 19.5. The van der Waals surface area contributed by atoms with Crippen molar-refractivity contribution in [2.45, 2.75) is 20.8 Å². The number of esters is 2. The first-order valence-electron chi connectivity index (χ1n) is 8.71. The average Bonchev–Trinajstić information content (AvgIpc) is 3.29. The van der Waals surface area contributed by atoms with Crippen LogP contribution in [0.4, 0.5) is 5.82 Å². The van der Waals surface area contributed by atoms with E-state index in [9.17, 15) is 14.9 Å². The quantitative estimate of drug-likeness (QED) is 0.657. The highest BCUT2D eigenvalue weighted by Crippen LogP contribution is 2.39. The van der Waals surface area contributed by atoms with Gasteiger partial charge in [0, 0.05) is 16.1 Å². The SMILES string of the molecule is CCOC(=O)c1c(-c2cccs2)c(C(=O)OCC)c2cc(C#N)c(N)n2c1C. The maximum atomic E-state index is 12.9. The average molecular weight is 397 g/mol. The first-order valence-corrected chi connectivity index (χ1v) is 9.59. The molecule has 3 aromatic rings. The fourth-order valence-electron chi connectivity index (χ4n) is 3.24. The van der Waals surface area contributed by atoms with Gasteiger partial charge in [-0.15, -0.1) is 11.3 Å². The molecule has 0 saturated carbocycles. The van der Waals surface area contributed by atoms with Gasteiger partial charge in [-0.05, 0) is 38.3 Å². The Kier molecular flexibility index (Phi) is 5.38. The summed E-state index contributed by atoms with van der Waals surface area (Å²) in [5.41, 5.74) is 8.11. The van der Waals surface area contributed by atoms with E-state index in [1.165, 1.54) is 15.7 Å². The number of nitrogens with zero attached hydrogens (tertiary/aromatic N) is 2. The second kappa shape index (κ2) is 7.74. The lowest BCUT2D eigenvalue weighted by molar-refractivity contribution is 0.0526. The highest BCUT2D eigenvalue weighted by Gasteiger charge is 2.30. The van der Waals surface area contributed by atoms with E-state index in [2.05, 4.69) is 0 Å². The molecule has 3 aromatic heterocycles. The zero-order chi connectivity index (χ0) is 20.4. The number of nitriles is 1.